The molecule has 0 atom stereocenters. The summed E-state index contributed by atoms with van der Waals surface area (Å²) >= 11 is 12.8. The molecule has 0 saturated heterocycles. The smallest absolute Gasteiger partial charge is 0.269 e. The van der Waals surface area contributed by atoms with Gasteiger partial charge in [-0.25, -0.2) is 4.98 Å². The zero-order valence-corrected chi connectivity index (χ0v) is 12.9. The van der Waals surface area contributed by atoms with E-state index in [-0.39, 0.29) is 27.3 Å². The zero-order chi connectivity index (χ0) is 15.0. The minimum absolute atomic E-state index is 0.0714. The maximum Gasteiger partial charge on any atom is 0.310 e. The minimum Gasteiger partial charge on any atom is -0.269 e. The highest BCUT2D eigenvalue weighted by atomic mass is 35.5. The molecule has 2 aromatic heterocycles. The summed E-state index contributed by atoms with van der Waals surface area (Å²) in [6.07, 6.45) is 0. The van der Waals surface area contributed by atoms with E-state index in [1.54, 1.807) is 36.4 Å². The molecule has 3 rings (SSSR count). The number of fused-ring (bicyclic) bond motifs is 1. The predicted octanol–water partition coefficient (Wildman–Crippen LogP) is 3.17. The van der Waals surface area contributed by atoms with Crippen molar-refractivity contribution in [3.05, 3.63) is 72.3 Å². The molecular weight excluding hydrogens is 331 g/mol. The van der Waals surface area contributed by atoms with Crippen molar-refractivity contribution in [1.29, 1.82) is 0 Å². The Bertz CT molecular complexity index is 950. The third-order valence-electron chi connectivity index (χ3n) is 3.00. The van der Waals surface area contributed by atoms with Gasteiger partial charge in [0.2, 0.25) is 0 Å². The molecule has 0 saturated carbocycles. The monoisotopic (exact) mass is 338 g/mol. The Kier molecular flexibility index (Phi) is 3.80. The van der Waals surface area contributed by atoms with Crippen LogP contribution in [0.5, 0.6) is 0 Å². The lowest BCUT2D eigenvalue weighted by Gasteiger charge is -2.07. The maximum absolute atomic E-state index is 12.4. The Morgan fingerprint density at radius 3 is 2.62 bits per heavy atom. The second-order valence-corrected chi connectivity index (χ2v) is 6.08. The van der Waals surface area contributed by atoms with Gasteiger partial charge in [0.05, 0.1) is 11.9 Å². The third-order valence-corrected chi connectivity index (χ3v) is 4.51. The molecule has 0 spiro atoms. The number of benzene rings is 1. The lowest BCUT2D eigenvalue weighted by atomic mass is 10.2. The molecule has 0 fully saturated rings. The molecule has 0 amide bonds. The van der Waals surface area contributed by atoms with Crippen molar-refractivity contribution in [2.24, 2.45) is 0 Å². The lowest BCUT2D eigenvalue weighted by Crippen LogP contribution is -2.31. The van der Waals surface area contributed by atoms with Crippen molar-refractivity contribution in [2.45, 2.75) is 6.54 Å². The average Bonchev–Trinajstić information content (AvgIpc) is 2.45. The van der Waals surface area contributed by atoms with Crippen LogP contribution in [-0.4, -0.2) is 9.55 Å². The molecule has 0 aliphatic rings. The van der Waals surface area contributed by atoms with Crippen LogP contribution < -0.4 is 10.4 Å². The van der Waals surface area contributed by atoms with Crippen LogP contribution in [0, 0.1) is 0 Å². The summed E-state index contributed by atoms with van der Waals surface area (Å²) in [6, 6.07) is 10.2. The summed E-state index contributed by atoms with van der Waals surface area (Å²) in [6.45, 7) is 0.0714. The van der Waals surface area contributed by atoms with E-state index in [1.165, 1.54) is 0 Å². The number of pyridine rings is 1. The van der Waals surface area contributed by atoms with Gasteiger partial charge in [0.25, 0.3) is 5.56 Å². The summed E-state index contributed by atoms with van der Waals surface area (Å²) < 4.78 is 1.83. The molecule has 2 heterocycles. The molecule has 1 aromatic carbocycles. The van der Waals surface area contributed by atoms with Gasteiger partial charge in [-0.05, 0) is 18.2 Å². The van der Waals surface area contributed by atoms with Crippen LogP contribution in [0.25, 0.3) is 10.1 Å². The highest BCUT2D eigenvalue weighted by Gasteiger charge is 2.11. The van der Waals surface area contributed by atoms with E-state index in [4.69, 9.17) is 23.2 Å². The van der Waals surface area contributed by atoms with E-state index >= 15 is 0 Å². The molecule has 0 aliphatic carbocycles. The van der Waals surface area contributed by atoms with Crippen molar-refractivity contribution >= 4 is 44.6 Å². The van der Waals surface area contributed by atoms with Crippen molar-refractivity contribution in [2.75, 3.05) is 0 Å². The highest BCUT2D eigenvalue weighted by molar-refractivity contribution is 7.16. The number of hydrogen-bond acceptors (Lipinski definition) is 4. The van der Waals surface area contributed by atoms with Gasteiger partial charge in [0.15, 0.2) is 0 Å². The second kappa shape index (κ2) is 5.60. The minimum atomic E-state index is -0.333. The first-order chi connectivity index (χ1) is 10.1. The van der Waals surface area contributed by atoms with Crippen LogP contribution in [0.4, 0.5) is 0 Å². The van der Waals surface area contributed by atoms with Gasteiger partial charge in [0, 0.05) is 10.3 Å². The van der Waals surface area contributed by atoms with Gasteiger partial charge in [-0.3, -0.25) is 14.2 Å². The first kappa shape index (κ1) is 14.3. The standard InChI is InChI=1S/C14H8Cl2N2O2S/c15-11-6-5-8(12(16)17-11)7-18-13(19)9-3-1-2-4-10(9)21-14(18)20/h1-6H,7H2. The van der Waals surface area contributed by atoms with E-state index in [0.29, 0.717) is 15.6 Å². The molecule has 3 aromatic rings. The van der Waals surface area contributed by atoms with Crippen LogP contribution in [0.1, 0.15) is 5.56 Å². The normalized spacial score (nSPS) is 11.0. The quantitative estimate of drug-likeness (QED) is 0.674. The number of halogens is 2. The second-order valence-electron chi connectivity index (χ2n) is 4.34. The topological polar surface area (TPSA) is 52.0 Å². The predicted molar refractivity (Wildman–Crippen MR) is 85.7 cm³/mol. The Labute approximate surface area is 133 Å². The highest BCUT2D eigenvalue weighted by Crippen LogP contribution is 2.17. The number of nitrogens with zero attached hydrogens (tertiary/aromatic N) is 2. The van der Waals surface area contributed by atoms with Crippen molar-refractivity contribution in [1.82, 2.24) is 9.55 Å². The van der Waals surface area contributed by atoms with Gasteiger partial charge >= 0.3 is 4.87 Å². The Morgan fingerprint density at radius 1 is 1.10 bits per heavy atom. The van der Waals surface area contributed by atoms with Crippen molar-refractivity contribution in [3.63, 3.8) is 0 Å². The summed E-state index contributed by atoms with van der Waals surface area (Å²) in [4.78, 5) is 28.1. The van der Waals surface area contributed by atoms with Gasteiger partial charge in [0.1, 0.15) is 10.3 Å². The Morgan fingerprint density at radius 2 is 1.86 bits per heavy atom. The maximum atomic E-state index is 12.4. The van der Waals surface area contributed by atoms with Crippen molar-refractivity contribution in [3.8, 4) is 0 Å². The van der Waals surface area contributed by atoms with Crippen LogP contribution >= 0.6 is 34.5 Å². The molecular formula is C14H8Cl2N2O2S. The van der Waals surface area contributed by atoms with Gasteiger partial charge in [-0.15, -0.1) is 0 Å². The summed E-state index contributed by atoms with van der Waals surface area (Å²) in [7, 11) is 0. The SMILES string of the molecule is O=c1sc2ccccc2c(=O)n1Cc1ccc(Cl)nc1Cl. The van der Waals surface area contributed by atoms with Gasteiger partial charge in [-0.1, -0.05) is 52.7 Å². The molecule has 4 nitrogen and oxygen atoms in total. The summed E-state index contributed by atoms with van der Waals surface area (Å²) in [5.74, 6) is 0. The average molecular weight is 339 g/mol. The largest absolute Gasteiger partial charge is 0.310 e. The van der Waals surface area contributed by atoms with E-state index in [1.807, 2.05) is 0 Å². The van der Waals surface area contributed by atoms with Crippen LogP contribution in [-0.2, 0) is 6.54 Å². The van der Waals surface area contributed by atoms with Gasteiger partial charge in [-0.2, -0.15) is 0 Å². The van der Waals surface area contributed by atoms with Crippen LogP contribution in [0.3, 0.4) is 0 Å². The van der Waals surface area contributed by atoms with E-state index < -0.39 is 0 Å². The summed E-state index contributed by atoms with van der Waals surface area (Å²) in [5.41, 5.74) is 0.239. The molecule has 7 heteroatoms. The zero-order valence-electron chi connectivity index (χ0n) is 10.5. The first-order valence-electron chi connectivity index (χ1n) is 6.00. The fourth-order valence-electron chi connectivity index (χ4n) is 1.98. The Hall–Kier alpha value is -1.69. The van der Waals surface area contributed by atoms with Crippen molar-refractivity contribution < 1.29 is 0 Å². The summed E-state index contributed by atoms with van der Waals surface area (Å²) in [5, 5.41) is 0.965. The van der Waals surface area contributed by atoms with Gasteiger partial charge < -0.3 is 0 Å². The molecule has 0 aliphatic heterocycles. The van der Waals surface area contributed by atoms with E-state index in [2.05, 4.69) is 4.98 Å². The molecule has 0 bridgehead atoms. The fourth-order valence-corrected chi connectivity index (χ4v) is 3.24. The third kappa shape index (κ3) is 2.72. The molecule has 0 unspecified atom stereocenters. The van der Waals surface area contributed by atoms with E-state index in [9.17, 15) is 9.59 Å². The fraction of sp³-hybridized carbons (Fsp3) is 0.0714. The molecule has 106 valence electrons. The Balaban J connectivity index is 2.17. The molecule has 0 N–H and O–H groups in total. The van der Waals surface area contributed by atoms with Crippen LogP contribution in [0.2, 0.25) is 10.3 Å². The first-order valence-corrected chi connectivity index (χ1v) is 7.57. The molecule has 0 radical (unpaired) electrons. The number of aromatic nitrogens is 2. The number of hydrogen-bond donors (Lipinski definition) is 0. The molecule has 21 heavy (non-hydrogen) atoms. The number of rotatable bonds is 2. The lowest BCUT2D eigenvalue weighted by molar-refractivity contribution is 0.750. The van der Waals surface area contributed by atoms with Crippen LogP contribution in [0.15, 0.2) is 46.0 Å². The van der Waals surface area contributed by atoms with E-state index in [0.717, 1.165) is 15.9 Å².